The molecule has 3 rings (SSSR count). The predicted molar refractivity (Wildman–Crippen MR) is 109 cm³/mol. The number of nitrogens with one attached hydrogen (secondary N) is 1. The minimum atomic E-state index is -4.48. The van der Waals surface area contributed by atoms with E-state index in [0.29, 0.717) is 31.7 Å². The normalized spacial score (nSPS) is 16.9. The van der Waals surface area contributed by atoms with Crippen LogP contribution in [0.3, 0.4) is 0 Å². The van der Waals surface area contributed by atoms with Gasteiger partial charge in [-0.05, 0) is 36.3 Å². The summed E-state index contributed by atoms with van der Waals surface area (Å²) in [7, 11) is 0. The number of anilines is 1. The number of rotatable bonds is 5. The molecule has 0 aliphatic carbocycles. The minimum absolute atomic E-state index is 0.0169. The van der Waals surface area contributed by atoms with Crippen molar-refractivity contribution in [2.75, 3.05) is 18.0 Å². The van der Waals surface area contributed by atoms with Gasteiger partial charge < -0.3 is 10.2 Å². The number of carbonyl (C=O) groups is 1. The van der Waals surface area contributed by atoms with Gasteiger partial charge in [0, 0.05) is 30.1 Å². The summed E-state index contributed by atoms with van der Waals surface area (Å²) in [4.78, 5) is 19.7. The molecule has 158 valence electrons. The number of hydrogen-bond donors (Lipinski definition) is 1. The van der Waals surface area contributed by atoms with E-state index in [1.165, 1.54) is 0 Å². The average molecular weight is 446 g/mol. The van der Waals surface area contributed by atoms with Crippen LogP contribution >= 0.6 is 22.9 Å². The first kappa shape index (κ1) is 21.9. The molecule has 1 aliphatic heterocycles. The number of piperidine rings is 1. The van der Waals surface area contributed by atoms with Crippen LogP contribution in [-0.4, -0.2) is 24.0 Å². The smallest absolute Gasteiger partial charge is 0.355 e. The largest absolute Gasteiger partial charge is 0.417 e. The number of nitrogens with zero attached hydrogens (tertiary/aromatic N) is 2. The Kier molecular flexibility index (Phi) is 6.73. The van der Waals surface area contributed by atoms with Crippen molar-refractivity contribution >= 4 is 34.7 Å². The quantitative estimate of drug-likeness (QED) is 0.656. The van der Waals surface area contributed by atoms with E-state index >= 15 is 0 Å². The maximum absolute atomic E-state index is 12.8. The summed E-state index contributed by atoms with van der Waals surface area (Å²) >= 11 is 7.67. The Morgan fingerprint density at radius 1 is 1.34 bits per heavy atom. The van der Waals surface area contributed by atoms with E-state index in [0.717, 1.165) is 17.1 Å². The first-order valence-corrected chi connectivity index (χ1v) is 10.7. The summed E-state index contributed by atoms with van der Waals surface area (Å²) < 4.78 is 38.4. The SMILES string of the molecule is CC(C)[C@H](NC(=O)C1CCN(c2ncc(C(F)(F)F)cc2Cl)CC1)c1cccs1. The standard InChI is InChI=1S/C20H23ClF3N3OS/c1-12(2)17(16-4-3-9-29-16)26-19(28)13-5-7-27(8-6-13)18-15(21)10-14(11-25-18)20(22,23)24/h3-4,9-13,17H,5-8H2,1-2H3,(H,26,28)/t17-/m0/s1. The molecule has 1 aliphatic rings. The molecule has 1 saturated heterocycles. The van der Waals surface area contributed by atoms with Crippen molar-refractivity contribution in [3.05, 3.63) is 45.2 Å². The van der Waals surface area contributed by atoms with Crippen LogP contribution in [0.5, 0.6) is 0 Å². The van der Waals surface area contributed by atoms with E-state index in [9.17, 15) is 18.0 Å². The highest BCUT2D eigenvalue weighted by atomic mass is 35.5. The van der Waals surface area contributed by atoms with E-state index in [4.69, 9.17) is 11.6 Å². The first-order chi connectivity index (χ1) is 13.7. The van der Waals surface area contributed by atoms with Gasteiger partial charge in [-0.15, -0.1) is 11.3 Å². The summed E-state index contributed by atoms with van der Waals surface area (Å²) in [6.45, 7) is 5.18. The van der Waals surface area contributed by atoms with E-state index in [-0.39, 0.29) is 28.8 Å². The van der Waals surface area contributed by atoms with Gasteiger partial charge in [-0.25, -0.2) is 4.98 Å². The molecule has 1 N–H and O–H groups in total. The van der Waals surface area contributed by atoms with E-state index in [2.05, 4.69) is 24.1 Å². The molecule has 2 aromatic heterocycles. The zero-order chi connectivity index (χ0) is 21.2. The molecule has 1 fully saturated rings. The van der Waals surface area contributed by atoms with Crippen LogP contribution in [0.25, 0.3) is 0 Å². The zero-order valence-corrected chi connectivity index (χ0v) is 17.7. The lowest BCUT2D eigenvalue weighted by atomic mass is 9.94. The fraction of sp³-hybridized carbons (Fsp3) is 0.500. The number of hydrogen-bond acceptors (Lipinski definition) is 4. The monoisotopic (exact) mass is 445 g/mol. The van der Waals surface area contributed by atoms with Gasteiger partial charge in [0.1, 0.15) is 5.82 Å². The van der Waals surface area contributed by atoms with Gasteiger partial charge >= 0.3 is 6.18 Å². The third kappa shape index (κ3) is 5.22. The molecule has 4 nitrogen and oxygen atoms in total. The molecule has 9 heteroatoms. The third-order valence-corrected chi connectivity index (χ3v) is 6.36. The Hall–Kier alpha value is -1.80. The highest BCUT2D eigenvalue weighted by molar-refractivity contribution is 7.10. The Morgan fingerprint density at radius 3 is 2.55 bits per heavy atom. The van der Waals surface area contributed by atoms with Crippen molar-refractivity contribution in [2.24, 2.45) is 11.8 Å². The van der Waals surface area contributed by atoms with E-state index in [1.54, 1.807) is 11.3 Å². The molecule has 0 unspecified atom stereocenters. The zero-order valence-electron chi connectivity index (χ0n) is 16.2. The highest BCUT2D eigenvalue weighted by Crippen LogP contribution is 2.35. The minimum Gasteiger partial charge on any atom is -0.355 e. The predicted octanol–water partition coefficient (Wildman–Crippen LogP) is 5.55. The molecular weight excluding hydrogens is 423 g/mol. The molecule has 1 amide bonds. The number of halogens is 4. The van der Waals surface area contributed by atoms with Gasteiger partial charge in [-0.2, -0.15) is 13.2 Å². The summed E-state index contributed by atoms with van der Waals surface area (Å²) in [6.07, 6.45) is -2.48. The number of aromatic nitrogens is 1. The van der Waals surface area contributed by atoms with Crippen molar-refractivity contribution < 1.29 is 18.0 Å². The van der Waals surface area contributed by atoms with Crippen LogP contribution in [-0.2, 0) is 11.0 Å². The highest BCUT2D eigenvalue weighted by Gasteiger charge is 2.33. The maximum Gasteiger partial charge on any atom is 0.417 e. The van der Waals surface area contributed by atoms with Gasteiger partial charge in [0.15, 0.2) is 0 Å². The van der Waals surface area contributed by atoms with Crippen molar-refractivity contribution in [2.45, 2.75) is 38.9 Å². The lowest BCUT2D eigenvalue weighted by Crippen LogP contribution is -2.42. The molecule has 0 radical (unpaired) electrons. The number of thiophene rings is 1. The second-order valence-corrected chi connectivity index (χ2v) is 8.92. The van der Waals surface area contributed by atoms with Crippen molar-refractivity contribution in [1.82, 2.24) is 10.3 Å². The Labute approximate surface area is 177 Å². The van der Waals surface area contributed by atoms with Crippen molar-refractivity contribution in [3.63, 3.8) is 0 Å². The maximum atomic E-state index is 12.8. The number of pyridine rings is 1. The van der Waals surface area contributed by atoms with Crippen LogP contribution in [0.2, 0.25) is 5.02 Å². The molecule has 0 aromatic carbocycles. The molecule has 1 atom stereocenters. The summed E-state index contributed by atoms with van der Waals surface area (Å²) in [6, 6.07) is 4.88. The van der Waals surface area contributed by atoms with Crippen molar-refractivity contribution in [3.8, 4) is 0 Å². The summed E-state index contributed by atoms with van der Waals surface area (Å²) in [5.74, 6) is 0.480. The fourth-order valence-electron chi connectivity index (χ4n) is 3.48. The molecule has 0 bridgehead atoms. The van der Waals surface area contributed by atoms with Crippen LogP contribution in [0.1, 0.15) is 43.2 Å². The van der Waals surface area contributed by atoms with E-state index < -0.39 is 11.7 Å². The second-order valence-electron chi connectivity index (χ2n) is 7.53. The fourth-order valence-corrected chi connectivity index (χ4v) is 4.71. The Bertz CT molecular complexity index is 834. The van der Waals surface area contributed by atoms with Crippen LogP contribution < -0.4 is 10.2 Å². The number of amides is 1. The molecule has 0 saturated carbocycles. The Balaban J connectivity index is 1.61. The lowest BCUT2D eigenvalue weighted by molar-refractivity contribution is -0.137. The average Bonchev–Trinajstić information content (AvgIpc) is 3.19. The van der Waals surface area contributed by atoms with Crippen molar-refractivity contribution in [1.29, 1.82) is 0 Å². The van der Waals surface area contributed by atoms with Gasteiger partial charge in [0.2, 0.25) is 5.91 Å². The lowest BCUT2D eigenvalue weighted by Gasteiger charge is -2.33. The third-order valence-electron chi connectivity index (χ3n) is 5.13. The summed E-state index contributed by atoms with van der Waals surface area (Å²) in [5.41, 5.74) is -0.867. The van der Waals surface area contributed by atoms with Gasteiger partial charge in [0.05, 0.1) is 16.6 Å². The van der Waals surface area contributed by atoms with Gasteiger partial charge in [-0.3, -0.25) is 4.79 Å². The molecule has 29 heavy (non-hydrogen) atoms. The number of carbonyl (C=O) groups excluding carboxylic acids is 1. The summed E-state index contributed by atoms with van der Waals surface area (Å²) in [5, 5.41) is 5.13. The van der Waals surface area contributed by atoms with Gasteiger partial charge in [0.25, 0.3) is 0 Å². The van der Waals surface area contributed by atoms with Crippen LogP contribution in [0, 0.1) is 11.8 Å². The first-order valence-electron chi connectivity index (χ1n) is 9.48. The van der Waals surface area contributed by atoms with Crippen LogP contribution in [0.15, 0.2) is 29.8 Å². The van der Waals surface area contributed by atoms with Gasteiger partial charge in [-0.1, -0.05) is 31.5 Å². The molecule has 2 aromatic rings. The molecule has 3 heterocycles. The topological polar surface area (TPSA) is 45.2 Å². The number of alkyl halides is 3. The Morgan fingerprint density at radius 2 is 2.03 bits per heavy atom. The van der Waals surface area contributed by atoms with Crippen LogP contribution in [0.4, 0.5) is 19.0 Å². The second kappa shape index (κ2) is 8.92. The molecule has 0 spiro atoms. The van der Waals surface area contributed by atoms with E-state index in [1.807, 2.05) is 22.4 Å². The molecular formula is C20H23ClF3N3OS.